The Bertz CT molecular complexity index is 787. The van der Waals surface area contributed by atoms with Crippen LogP contribution in [0.3, 0.4) is 0 Å². The Labute approximate surface area is 155 Å². The number of halogens is 1. The predicted octanol–water partition coefficient (Wildman–Crippen LogP) is 3.40. The Morgan fingerprint density at radius 1 is 1.12 bits per heavy atom. The number of ether oxygens (including phenoxy) is 1. The molecule has 0 saturated carbocycles. The molecule has 2 aromatic carbocycles. The van der Waals surface area contributed by atoms with Crippen molar-refractivity contribution in [1.82, 2.24) is 10.2 Å². The first kappa shape index (κ1) is 17.6. The fourth-order valence-electron chi connectivity index (χ4n) is 2.90. The highest BCUT2D eigenvalue weighted by Gasteiger charge is 2.34. The van der Waals surface area contributed by atoms with Crippen molar-refractivity contribution in [2.24, 2.45) is 0 Å². The fraction of sp³-hybridized carbons (Fsp3) is 0.263. The number of hydrogen-bond acceptors (Lipinski definition) is 4. The van der Waals surface area contributed by atoms with Gasteiger partial charge in [-0.3, -0.25) is 14.5 Å². The highest BCUT2D eigenvalue weighted by Crippen LogP contribution is 2.28. The zero-order chi connectivity index (χ0) is 18.0. The number of nitrogens with one attached hydrogen (secondary N) is 1. The fourth-order valence-corrected chi connectivity index (χ4v) is 3.46. The van der Waals surface area contributed by atoms with E-state index in [1.165, 1.54) is 4.90 Å². The molecule has 25 heavy (non-hydrogen) atoms. The molecule has 1 aliphatic rings. The maximum absolute atomic E-state index is 12.3. The molecule has 0 saturated heterocycles. The smallest absolute Gasteiger partial charge is 0.261 e. The van der Waals surface area contributed by atoms with E-state index >= 15 is 0 Å². The van der Waals surface area contributed by atoms with Gasteiger partial charge in [0.2, 0.25) is 0 Å². The van der Waals surface area contributed by atoms with Crippen LogP contribution in [0, 0.1) is 0 Å². The minimum absolute atomic E-state index is 0.0809. The lowest BCUT2D eigenvalue weighted by molar-refractivity contribution is 0.0654. The largest absolute Gasteiger partial charge is 0.496 e. The Hall–Kier alpha value is -2.18. The Morgan fingerprint density at radius 3 is 2.32 bits per heavy atom. The van der Waals surface area contributed by atoms with Crippen molar-refractivity contribution in [2.45, 2.75) is 13.0 Å². The number of methoxy groups -OCH3 is 1. The number of fused-ring (bicyclic) bond motifs is 1. The molecule has 2 amide bonds. The van der Waals surface area contributed by atoms with Crippen LogP contribution in [0.5, 0.6) is 5.75 Å². The first-order valence-corrected chi connectivity index (χ1v) is 8.84. The van der Waals surface area contributed by atoms with Crippen LogP contribution < -0.4 is 10.1 Å². The van der Waals surface area contributed by atoms with Gasteiger partial charge in [-0.05, 0) is 52.7 Å². The van der Waals surface area contributed by atoms with Crippen molar-refractivity contribution in [3.05, 3.63) is 63.6 Å². The lowest BCUT2D eigenvalue weighted by Crippen LogP contribution is -2.36. The lowest BCUT2D eigenvalue weighted by Gasteiger charge is -2.18. The van der Waals surface area contributed by atoms with Gasteiger partial charge in [0.1, 0.15) is 5.75 Å². The summed E-state index contributed by atoms with van der Waals surface area (Å²) in [6, 6.07) is 12.9. The average molecular weight is 403 g/mol. The molecule has 130 valence electrons. The van der Waals surface area contributed by atoms with Gasteiger partial charge in [0, 0.05) is 19.1 Å². The number of benzene rings is 2. The topological polar surface area (TPSA) is 58.6 Å². The van der Waals surface area contributed by atoms with E-state index in [4.69, 9.17) is 4.74 Å². The van der Waals surface area contributed by atoms with Crippen LogP contribution in [-0.4, -0.2) is 36.9 Å². The van der Waals surface area contributed by atoms with E-state index in [0.717, 1.165) is 15.8 Å². The van der Waals surface area contributed by atoms with Gasteiger partial charge >= 0.3 is 0 Å². The zero-order valence-corrected chi connectivity index (χ0v) is 15.7. The maximum Gasteiger partial charge on any atom is 0.261 e. The SMILES string of the molecule is COc1ccc([C@@H](C)NCCN2C(=O)c3ccccc3C2=O)cc1Br. The molecule has 0 bridgehead atoms. The Morgan fingerprint density at radius 2 is 1.76 bits per heavy atom. The van der Waals surface area contributed by atoms with Crippen molar-refractivity contribution in [3.8, 4) is 5.75 Å². The van der Waals surface area contributed by atoms with Crippen LogP contribution >= 0.6 is 15.9 Å². The van der Waals surface area contributed by atoms with E-state index in [-0.39, 0.29) is 17.9 Å². The monoisotopic (exact) mass is 402 g/mol. The molecule has 1 N–H and O–H groups in total. The molecule has 0 spiro atoms. The maximum atomic E-state index is 12.3. The minimum Gasteiger partial charge on any atom is -0.496 e. The number of nitrogens with zero attached hydrogens (tertiary/aromatic N) is 1. The number of rotatable bonds is 6. The van der Waals surface area contributed by atoms with Gasteiger partial charge < -0.3 is 10.1 Å². The minimum atomic E-state index is -0.220. The third-order valence-electron chi connectivity index (χ3n) is 4.34. The van der Waals surface area contributed by atoms with Crippen LogP contribution in [-0.2, 0) is 0 Å². The Kier molecular flexibility index (Phi) is 5.20. The normalized spacial score (nSPS) is 14.6. The molecule has 5 nitrogen and oxygen atoms in total. The summed E-state index contributed by atoms with van der Waals surface area (Å²) in [5.74, 6) is 0.339. The van der Waals surface area contributed by atoms with E-state index in [9.17, 15) is 9.59 Å². The van der Waals surface area contributed by atoms with Crippen LogP contribution in [0.25, 0.3) is 0 Å². The van der Waals surface area contributed by atoms with Gasteiger partial charge in [-0.1, -0.05) is 18.2 Å². The summed E-state index contributed by atoms with van der Waals surface area (Å²) >= 11 is 3.48. The molecular formula is C19H19BrN2O3. The van der Waals surface area contributed by atoms with Crippen LogP contribution in [0.1, 0.15) is 39.2 Å². The van der Waals surface area contributed by atoms with Gasteiger partial charge in [-0.25, -0.2) is 0 Å². The molecule has 0 radical (unpaired) electrons. The van der Waals surface area contributed by atoms with Crippen LogP contribution in [0.4, 0.5) is 0 Å². The summed E-state index contributed by atoms with van der Waals surface area (Å²) in [4.78, 5) is 26.0. The van der Waals surface area contributed by atoms with Gasteiger partial charge in [-0.15, -0.1) is 0 Å². The number of carbonyl (C=O) groups is 2. The second-order valence-electron chi connectivity index (χ2n) is 5.88. The summed E-state index contributed by atoms with van der Waals surface area (Å²) in [6.07, 6.45) is 0. The van der Waals surface area contributed by atoms with Crippen molar-refractivity contribution < 1.29 is 14.3 Å². The predicted molar refractivity (Wildman–Crippen MR) is 98.9 cm³/mol. The summed E-state index contributed by atoms with van der Waals surface area (Å²) in [5.41, 5.74) is 2.06. The van der Waals surface area contributed by atoms with Crippen molar-refractivity contribution in [2.75, 3.05) is 20.2 Å². The first-order valence-electron chi connectivity index (χ1n) is 8.05. The van der Waals surface area contributed by atoms with Crippen molar-refractivity contribution >= 4 is 27.7 Å². The van der Waals surface area contributed by atoms with E-state index in [1.807, 2.05) is 25.1 Å². The number of imide groups is 1. The van der Waals surface area contributed by atoms with Gasteiger partial charge in [0.15, 0.2) is 0 Å². The highest BCUT2D eigenvalue weighted by molar-refractivity contribution is 9.10. The number of carbonyl (C=O) groups excluding carboxylic acids is 2. The molecule has 0 unspecified atom stereocenters. The third kappa shape index (κ3) is 3.45. The van der Waals surface area contributed by atoms with Gasteiger partial charge in [-0.2, -0.15) is 0 Å². The van der Waals surface area contributed by atoms with E-state index in [0.29, 0.717) is 24.2 Å². The second-order valence-corrected chi connectivity index (χ2v) is 6.73. The molecule has 0 aliphatic carbocycles. The molecule has 1 aliphatic heterocycles. The van der Waals surface area contributed by atoms with E-state index in [2.05, 4.69) is 21.2 Å². The van der Waals surface area contributed by atoms with E-state index in [1.54, 1.807) is 31.4 Å². The summed E-state index contributed by atoms with van der Waals surface area (Å²) < 4.78 is 6.12. The summed E-state index contributed by atoms with van der Waals surface area (Å²) in [6.45, 7) is 2.90. The molecule has 0 aromatic heterocycles. The quantitative estimate of drug-likeness (QED) is 0.752. The Balaban J connectivity index is 1.59. The molecule has 6 heteroatoms. The molecular weight excluding hydrogens is 384 g/mol. The first-order chi connectivity index (χ1) is 12.0. The van der Waals surface area contributed by atoms with Crippen molar-refractivity contribution in [3.63, 3.8) is 0 Å². The molecule has 3 rings (SSSR count). The van der Waals surface area contributed by atoms with Crippen LogP contribution in [0.2, 0.25) is 0 Å². The van der Waals surface area contributed by atoms with Crippen molar-refractivity contribution in [1.29, 1.82) is 0 Å². The molecule has 2 aromatic rings. The van der Waals surface area contributed by atoms with E-state index < -0.39 is 0 Å². The van der Waals surface area contributed by atoms with Crippen LogP contribution in [0.15, 0.2) is 46.9 Å². The summed E-state index contributed by atoms with van der Waals surface area (Å²) in [5, 5.41) is 3.35. The second kappa shape index (κ2) is 7.37. The van der Waals surface area contributed by atoms with Gasteiger partial charge in [0.25, 0.3) is 11.8 Å². The molecule has 0 fully saturated rings. The average Bonchev–Trinajstić information content (AvgIpc) is 2.86. The zero-order valence-electron chi connectivity index (χ0n) is 14.1. The number of hydrogen-bond donors (Lipinski definition) is 1. The summed E-state index contributed by atoms with van der Waals surface area (Å²) in [7, 11) is 1.63. The lowest BCUT2D eigenvalue weighted by atomic mass is 10.1. The molecule has 1 heterocycles. The number of amides is 2. The standard InChI is InChI=1S/C19H19BrN2O3/c1-12(13-7-8-17(25-2)16(20)11-13)21-9-10-22-18(23)14-5-3-4-6-15(14)19(22)24/h3-8,11-12,21H,9-10H2,1-2H3/t12-/m1/s1. The molecule has 1 atom stereocenters. The highest BCUT2D eigenvalue weighted by atomic mass is 79.9. The van der Waals surface area contributed by atoms with Gasteiger partial charge in [0.05, 0.1) is 22.7 Å². The third-order valence-corrected chi connectivity index (χ3v) is 4.96.